The quantitative estimate of drug-likeness (QED) is 0.602. The number of imidazole rings is 1. The number of fused-ring (bicyclic) bond motifs is 1. The van der Waals surface area contributed by atoms with Gasteiger partial charge in [-0.3, -0.25) is 5.10 Å². The fourth-order valence-corrected chi connectivity index (χ4v) is 4.21. The number of nitrogens with two attached hydrogens (primary N) is 1. The molecule has 0 saturated heterocycles. The third-order valence-electron chi connectivity index (χ3n) is 3.59. The third kappa shape index (κ3) is 1.86. The summed E-state index contributed by atoms with van der Waals surface area (Å²) >= 11 is 0. The summed E-state index contributed by atoms with van der Waals surface area (Å²) in [4.78, 5) is 14.7. The molecule has 22 heavy (non-hydrogen) atoms. The molecule has 0 atom stereocenters. The summed E-state index contributed by atoms with van der Waals surface area (Å²) < 4.78 is 26.5. The molecule has 0 saturated carbocycles. The minimum absolute atomic E-state index is 0.00496. The van der Waals surface area contributed by atoms with Crippen molar-refractivity contribution in [3.63, 3.8) is 0 Å². The first-order valence-electron chi connectivity index (χ1n) is 6.51. The number of hydrogen-bond donors (Lipinski definition) is 3. The lowest BCUT2D eigenvalue weighted by Crippen LogP contribution is -2.26. The number of rotatable bonds is 2. The van der Waals surface area contributed by atoms with Crippen LogP contribution in [-0.2, 0) is 10.0 Å². The van der Waals surface area contributed by atoms with Crippen LogP contribution in [0, 0.1) is 20.8 Å². The van der Waals surface area contributed by atoms with Crippen LogP contribution in [-0.4, -0.2) is 27.6 Å². The maximum atomic E-state index is 12.9. The van der Waals surface area contributed by atoms with Crippen molar-refractivity contribution in [3.8, 4) is 0 Å². The van der Waals surface area contributed by atoms with Crippen molar-refractivity contribution in [1.82, 2.24) is 19.2 Å². The van der Waals surface area contributed by atoms with Crippen molar-refractivity contribution >= 4 is 26.7 Å². The second-order valence-corrected chi connectivity index (χ2v) is 6.91. The van der Waals surface area contributed by atoms with Crippen LogP contribution in [0.3, 0.4) is 0 Å². The molecule has 2 aromatic heterocycles. The molecule has 0 radical (unpaired) electrons. The van der Waals surface area contributed by atoms with Gasteiger partial charge in [-0.25, -0.2) is 13.2 Å². The highest BCUT2D eigenvalue weighted by Crippen LogP contribution is 2.24. The van der Waals surface area contributed by atoms with Crippen molar-refractivity contribution in [3.05, 3.63) is 39.6 Å². The van der Waals surface area contributed by atoms with Gasteiger partial charge in [0.25, 0.3) is 10.0 Å². The van der Waals surface area contributed by atoms with Crippen molar-refractivity contribution in [2.75, 3.05) is 5.73 Å². The first-order chi connectivity index (χ1) is 10.2. The van der Waals surface area contributed by atoms with Crippen molar-refractivity contribution < 1.29 is 8.42 Å². The van der Waals surface area contributed by atoms with Crippen LogP contribution in [0.5, 0.6) is 0 Å². The molecule has 0 aliphatic heterocycles. The summed E-state index contributed by atoms with van der Waals surface area (Å²) in [6.45, 7) is 4.93. The zero-order chi connectivity index (χ0) is 16.2. The van der Waals surface area contributed by atoms with Crippen LogP contribution in [0.1, 0.15) is 17.0 Å². The largest absolute Gasteiger partial charge is 0.398 e. The van der Waals surface area contributed by atoms with E-state index in [9.17, 15) is 13.2 Å². The Labute approximate surface area is 126 Å². The molecule has 116 valence electrons. The van der Waals surface area contributed by atoms with E-state index >= 15 is 0 Å². The van der Waals surface area contributed by atoms with Gasteiger partial charge >= 0.3 is 5.69 Å². The summed E-state index contributed by atoms with van der Waals surface area (Å²) in [6, 6.07) is 3.12. The fourth-order valence-electron chi connectivity index (χ4n) is 2.51. The lowest BCUT2D eigenvalue weighted by atomic mass is 10.2. The van der Waals surface area contributed by atoms with Gasteiger partial charge in [-0.15, -0.1) is 0 Å². The summed E-state index contributed by atoms with van der Waals surface area (Å²) in [5, 5.41) is 6.49. The number of hydrogen-bond acceptors (Lipinski definition) is 5. The summed E-state index contributed by atoms with van der Waals surface area (Å²) in [6.07, 6.45) is 0. The van der Waals surface area contributed by atoms with E-state index < -0.39 is 15.7 Å². The lowest BCUT2D eigenvalue weighted by molar-refractivity contribution is 0.586. The number of aromatic amines is 2. The Kier molecular flexibility index (Phi) is 2.92. The Hall–Kier alpha value is -2.55. The second kappa shape index (κ2) is 4.47. The summed E-state index contributed by atoms with van der Waals surface area (Å²) in [5.74, 6) is 0. The molecule has 0 aliphatic carbocycles. The Balaban J connectivity index is 2.42. The molecule has 0 unspecified atom stereocenters. The third-order valence-corrected chi connectivity index (χ3v) is 5.55. The van der Waals surface area contributed by atoms with Crippen LogP contribution in [0.4, 0.5) is 5.69 Å². The molecular weight excluding hydrogens is 306 g/mol. The molecule has 4 N–H and O–H groups in total. The van der Waals surface area contributed by atoms with Gasteiger partial charge in [0.15, 0.2) is 0 Å². The highest BCUT2D eigenvalue weighted by atomic mass is 32.2. The monoisotopic (exact) mass is 321 g/mol. The van der Waals surface area contributed by atoms with E-state index in [1.807, 2.05) is 0 Å². The molecular formula is C13H15N5O3S. The smallest absolute Gasteiger partial charge is 0.340 e. The number of nitrogens with one attached hydrogen (secondary N) is 2. The summed E-state index contributed by atoms with van der Waals surface area (Å²) in [5.41, 5.74) is 7.59. The molecule has 1 aromatic carbocycles. The topological polar surface area (TPSA) is 127 Å². The maximum Gasteiger partial charge on any atom is 0.340 e. The van der Waals surface area contributed by atoms with E-state index in [4.69, 9.17) is 5.73 Å². The molecule has 3 aromatic rings. The number of aromatic nitrogens is 4. The summed E-state index contributed by atoms with van der Waals surface area (Å²) in [7, 11) is -4.08. The van der Waals surface area contributed by atoms with Gasteiger partial charge in [0.1, 0.15) is 4.90 Å². The van der Waals surface area contributed by atoms with Gasteiger partial charge < -0.3 is 10.7 Å². The molecule has 0 spiro atoms. The number of H-pyrrole nitrogens is 2. The van der Waals surface area contributed by atoms with Crippen LogP contribution >= 0.6 is 0 Å². The molecule has 9 heteroatoms. The predicted molar refractivity (Wildman–Crippen MR) is 82.4 cm³/mol. The first kappa shape index (κ1) is 14.4. The Morgan fingerprint density at radius 1 is 1.23 bits per heavy atom. The van der Waals surface area contributed by atoms with Crippen LogP contribution < -0.4 is 11.4 Å². The average Bonchev–Trinajstić information content (AvgIpc) is 2.90. The first-order valence-corrected chi connectivity index (χ1v) is 7.95. The molecule has 0 aliphatic rings. The van der Waals surface area contributed by atoms with E-state index in [-0.39, 0.29) is 10.4 Å². The molecule has 0 bridgehead atoms. The van der Waals surface area contributed by atoms with Gasteiger partial charge in [-0.05, 0) is 38.5 Å². The highest BCUT2D eigenvalue weighted by Gasteiger charge is 2.28. The normalized spacial score (nSPS) is 12.1. The van der Waals surface area contributed by atoms with Gasteiger partial charge in [0, 0.05) is 5.69 Å². The standard InChI is InChI=1S/C13H15N5O3S/c1-6-4-10-11(5-9(6)14)18(13(19)15-10)22(20,21)12-7(2)16-17-8(12)3/h4-5H,14H2,1-3H3,(H,15,19)(H,16,17). The van der Waals surface area contributed by atoms with E-state index in [2.05, 4.69) is 15.2 Å². The minimum Gasteiger partial charge on any atom is -0.398 e. The van der Waals surface area contributed by atoms with E-state index in [1.54, 1.807) is 26.8 Å². The molecule has 0 amide bonds. The van der Waals surface area contributed by atoms with E-state index in [0.29, 0.717) is 22.6 Å². The minimum atomic E-state index is -4.08. The van der Waals surface area contributed by atoms with Gasteiger partial charge in [0.05, 0.1) is 22.4 Å². The Bertz CT molecular complexity index is 1040. The molecule has 3 rings (SSSR count). The number of benzene rings is 1. The van der Waals surface area contributed by atoms with Crippen molar-refractivity contribution in [2.45, 2.75) is 25.7 Å². The van der Waals surface area contributed by atoms with E-state index in [1.165, 1.54) is 6.07 Å². The average molecular weight is 321 g/mol. The van der Waals surface area contributed by atoms with Crippen molar-refractivity contribution in [1.29, 1.82) is 0 Å². The van der Waals surface area contributed by atoms with Crippen molar-refractivity contribution in [2.24, 2.45) is 0 Å². The Morgan fingerprint density at radius 3 is 2.50 bits per heavy atom. The zero-order valence-corrected chi connectivity index (χ0v) is 13.1. The van der Waals surface area contributed by atoms with Gasteiger partial charge in [0.2, 0.25) is 0 Å². The highest BCUT2D eigenvalue weighted by molar-refractivity contribution is 7.90. The number of nitrogens with zero attached hydrogens (tertiary/aromatic N) is 2. The second-order valence-electron chi connectivity index (χ2n) is 5.19. The Morgan fingerprint density at radius 2 is 1.91 bits per heavy atom. The van der Waals surface area contributed by atoms with E-state index in [0.717, 1.165) is 9.54 Å². The molecule has 0 fully saturated rings. The number of aryl methyl sites for hydroxylation is 3. The van der Waals surface area contributed by atoms with Crippen LogP contribution in [0.2, 0.25) is 0 Å². The predicted octanol–water partition coefficient (Wildman–Crippen LogP) is 0.797. The van der Waals surface area contributed by atoms with Gasteiger partial charge in [-0.1, -0.05) is 0 Å². The van der Waals surface area contributed by atoms with Crippen LogP contribution in [0.25, 0.3) is 11.0 Å². The number of anilines is 1. The van der Waals surface area contributed by atoms with Crippen LogP contribution in [0.15, 0.2) is 21.8 Å². The molecule has 8 nitrogen and oxygen atoms in total. The van der Waals surface area contributed by atoms with Gasteiger partial charge in [-0.2, -0.15) is 9.07 Å². The molecule has 2 heterocycles. The zero-order valence-electron chi connectivity index (χ0n) is 12.3. The lowest BCUT2D eigenvalue weighted by Gasteiger charge is -2.07. The SMILES string of the molecule is Cc1cc2[nH]c(=O)n(S(=O)(=O)c3c(C)n[nH]c3C)c2cc1N. The number of nitrogen functional groups attached to an aromatic ring is 1. The fraction of sp³-hybridized carbons (Fsp3) is 0.231. The maximum absolute atomic E-state index is 12.9.